The third-order valence-electron chi connectivity index (χ3n) is 3.54. The van der Waals surface area contributed by atoms with E-state index in [1.165, 1.54) is 12.1 Å². The van der Waals surface area contributed by atoms with Gasteiger partial charge in [0, 0.05) is 31.5 Å². The van der Waals surface area contributed by atoms with E-state index in [1.807, 2.05) is 4.90 Å². The number of amidine groups is 1. The van der Waals surface area contributed by atoms with E-state index in [0.29, 0.717) is 18.8 Å². The first-order valence-electron chi connectivity index (χ1n) is 6.33. The van der Waals surface area contributed by atoms with Gasteiger partial charge in [-0.15, -0.1) is 0 Å². The van der Waals surface area contributed by atoms with E-state index in [4.69, 9.17) is 15.7 Å². The quantitative estimate of drug-likeness (QED) is 0.388. The number of hydrogen-bond donors (Lipinski definition) is 2. The molecule has 0 radical (unpaired) electrons. The molecule has 1 aliphatic rings. The molecule has 5 nitrogen and oxygen atoms in total. The van der Waals surface area contributed by atoms with Gasteiger partial charge in [0.25, 0.3) is 0 Å². The number of halogens is 3. The molecule has 0 aliphatic carbocycles. The second-order valence-electron chi connectivity index (χ2n) is 4.81. The van der Waals surface area contributed by atoms with Crippen LogP contribution in [0.4, 0.5) is 18.9 Å². The van der Waals surface area contributed by atoms with E-state index in [-0.39, 0.29) is 11.7 Å². The highest BCUT2D eigenvalue weighted by molar-refractivity contribution is 5.99. The minimum absolute atomic E-state index is 0.0167. The summed E-state index contributed by atoms with van der Waals surface area (Å²) in [5.74, 6) is -0.565. The Morgan fingerprint density at radius 2 is 2.19 bits per heavy atom. The summed E-state index contributed by atoms with van der Waals surface area (Å²) >= 11 is 0. The summed E-state index contributed by atoms with van der Waals surface area (Å²) in [5.41, 5.74) is 4.49. The lowest BCUT2D eigenvalue weighted by Gasteiger charge is -2.21. The molecule has 0 aromatic heterocycles. The summed E-state index contributed by atoms with van der Waals surface area (Å²) in [6.45, 7) is 1.16. The normalized spacial score (nSPS) is 20.1. The zero-order chi connectivity index (χ0) is 15.6. The van der Waals surface area contributed by atoms with Crippen molar-refractivity contribution in [2.45, 2.75) is 18.7 Å². The summed E-state index contributed by atoms with van der Waals surface area (Å²) in [7, 11) is 1.58. The number of ether oxygens (including phenoxy) is 1. The molecule has 21 heavy (non-hydrogen) atoms. The Kier molecular flexibility index (Phi) is 4.26. The highest BCUT2D eigenvalue weighted by atomic mass is 19.4. The molecule has 0 spiro atoms. The Balaban J connectivity index is 2.39. The van der Waals surface area contributed by atoms with E-state index in [0.717, 1.165) is 12.5 Å². The fraction of sp³-hybridized carbons (Fsp3) is 0.462. The maximum atomic E-state index is 13.1. The Hall–Kier alpha value is -1.96. The monoisotopic (exact) mass is 303 g/mol. The van der Waals surface area contributed by atoms with Gasteiger partial charge in [-0.3, -0.25) is 0 Å². The molecule has 0 bridgehead atoms. The predicted octanol–water partition coefficient (Wildman–Crippen LogP) is 2.03. The molecule has 1 unspecified atom stereocenters. The van der Waals surface area contributed by atoms with Gasteiger partial charge in [-0.1, -0.05) is 5.16 Å². The van der Waals surface area contributed by atoms with Crippen molar-refractivity contribution in [3.05, 3.63) is 29.3 Å². The molecule has 1 saturated heterocycles. The van der Waals surface area contributed by atoms with Crippen molar-refractivity contribution in [1.29, 1.82) is 0 Å². The van der Waals surface area contributed by atoms with Crippen LogP contribution in [-0.4, -0.2) is 37.3 Å². The molecule has 1 fully saturated rings. The molecular weight excluding hydrogens is 287 g/mol. The van der Waals surface area contributed by atoms with Crippen LogP contribution in [-0.2, 0) is 10.9 Å². The largest absolute Gasteiger partial charge is 0.417 e. The minimum atomic E-state index is -4.58. The molecule has 2 rings (SSSR count). The smallest absolute Gasteiger partial charge is 0.409 e. The molecule has 0 saturated carbocycles. The predicted molar refractivity (Wildman–Crippen MR) is 71.6 cm³/mol. The zero-order valence-corrected chi connectivity index (χ0v) is 11.4. The average Bonchev–Trinajstić information content (AvgIpc) is 2.93. The maximum Gasteiger partial charge on any atom is 0.417 e. The Morgan fingerprint density at radius 3 is 2.71 bits per heavy atom. The SMILES string of the molecule is COC1CCN(c2ccc(/C(N)=N/O)c(C(F)(F)F)c2)C1. The summed E-state index contributed by atoms with van der Waals surface area (Å²) in [4.78, 5) is 1.82. The van der Waals surface area contributed by atoms with Crippen molar-refractivity contribution in [2.75, 3.05) is 25.1 Å². The van der Waals surface area contributed by atoms with Gasteiger partial charge >= 0.3 is 6.18 Å². The van der Waals surface area contributed by atoms with Crippen LogP contribution >= 0.6 is 0 Å². The van der Waals surface area contributed by atoms with Gasteiger partial charge in [-0.2, -0.15) is 13.2 Å². The van der Waals surface area contributed by atoms with Gasteiger partial charge in [0.05, 0.1) is 11.7 Å². The van der Waals surface area contributed by atoms with Gasteiger partial charge in [-0.25, -0.2) is 0 Å². The second kappa shape index (κ2) is 5.80. The summed E-state index contributed by atoms with van der Waals surface area (Å²) in [6, 6.07) is 3.76. The molecule has 1 heterocycles. The lowest BCUT2D eigenvalue weighted by molar-refractivity contribution is -0.137. The highest BCUT2D eigenvalue weighted by Gasteiger charge is 2.35. The molecule has 1 aromatic carbocycles. The summed E-state index contributed by atoms with van der Waals surface area (Å²) in [5, 5.41) is 11.2. The number of oxime groups is 1. The molecule has 0 amide bonds. The van der Waals surface area contributed by atoms with Crippen molar-refractivity contribution in [3.8, 4) is 0 Å². The number of benzene rings is 1. The van der Waals surface area contributed by atoms with Crippen molar-refractivity contribution < 1.29 is 23.1 Å². The van der Waals surface area contributed by atoms with Gasteiger partial charge in [-0.05, 0) is 24.6 Å². The minimum Gasteiger partial charge on any atom is -0.409 e. The molecular formula is C13H16F3N3O2. The van der Waals surface area contributed by atoms with Crippen LogP contribution in [0.5, 0.6) is 0 Å². The average molecular weight is 303 g/mol. The maximum absolute atomic E-state index is 13.1. The third kappa shape index (κ3) is 3.21. The number of anilines is 1. The van der Waals surface area contributed by atoms with Crippen molar-refractivity contribution in [1.82, 2.24) is 0 Å². The fourth-order valence-electron chi connectivity index (χ4n) is 2.40. The van der Waals surface area contributed by atoms with Gasteiger partial charge in [0.15, 0.2) is 5.84 Å². The van der Waals surface area contributed by atoms with Gasteiger partial charge < -0.3 is 20.6 Å². The van der Waals surface area contributed by atoms with Gasteiger partial charge in [0.2, 0.25) is 0 Å². The second-order valence-corrected chi connectivity index (χ2v) is 4.81. The number of nitrogens with two attached hydrogens (primary N) is 1. The first-order valence-corrected chi connectivity index (χ1v) is 6.33. The third-order valence-corrected chi connectivity index (χ3v) is 3.54. The van der Waals surface area contributed by atoms with Crippen molar-refractivity contribution in [3.63, 3.8) is 0 Å². The van der Waals surface area contributed by atoms with E-state index < -0.39 is 17.6 Å². The van der Waals surface area contributed by atoms with Crippen molar-refractivity contribution >= 4 is 11.5 Å². The molecule has 8 heteroatoms. The Morgan fingerprint density at radius 1 is 1.48 bits per heavy atom. The van der Waals surface area contributed by atoms with Crippen LogP contribution in [0, 0.1) is 0 Å². The van der Waals surface area contributed by atoms with E-state index >= 15 is 0 Å². The number of rotatable bonds is 3. The van der Waals surface area contributed by atoms with Crippen LogP contribution in [0.15, 0.2) is 23.4 Å². The number of methoxy groups -OCH3 is 1. The number of nitrogens with zero attached hydrogens (tertiary/aromatic N) is 2. The topological polar surface area (TPSA) is 71.1 Å². The Bertz CT molecular complexity index is 546. The van der Waals surface area contributed by atoms with Crippen LogP contribution in [0.1, 0.15) is 17.5 Å². The molecule has 3 N–H and O–H groups in total. The first-order chi connectivity index (χ1) is 9.86. The van der Waals surface area contributed by atoms with Crippen LogP contribution < -0.4 is 10.6 Å². The summed E-state index contributed by atoms with van der Waals surface area (Å²) in [6.07, 6.45) is -3.80. The summed E-state index contributed by atoms with van der Waals surface area (Å²) < 4.78 is 44.6. The van der Waals surface area contributed by atoms with Gasteiger partial charge in [0.1, 0.15) is 0 Å². The van der Waals surface area contributed by atoms with Crippen LogP contribution in [0.2, 0.25) is 0 Å². The number of hydrogen-bond acceptors (Lipinski definition) is 4. The fourth-order valence-corrected chi connectivity index (χ4v) is 2.40. The van der Waals surface area contributed by atoms with E-state index in [1.54, 1.807) is 7.11 Å². The van der Waals surface area contributed by atoms with Crippen LogP contribution in [0.25, 0.3) is 0 Å². The molecule has 116 valence electrons. The molecule has 1 aliphatic heterocycles. The number of alkyl halides is 3. The van der Waals surface area contributed by atoms with Crippen molar-refractivity contribution in [2.24, 2.45) is 10.9 Å². The zero-order valence-electron chi connectivity index (χ0n) is 11.4. The van der Waals surface area contributed by atoms with E-state index in [9.17, 15) is 13.2 Å². The first kappa shape index (κ1) is 15.4. The standard InChI is InChI=1S/C13H16F3N3O2/c1-21-9-4-5-19(7-9)8-2-3-10(12(17)18-20)11(6-8)13(14,15)16/h2-3,6,9,20H,4-5,7H2,1H3,(H2,17,18). The Labute approximate surface area is 119 Å². The highest BCUT2D eigenvalue weighted by Crippen LogP contribution is 2.35. The molecule has 1 aromatic rings. The van der Waals surface area contributed by atoms with E-state index in [2.05, 4.69) is 5.16 Å². The molecule has 1 atom stereocenters. The lowest BCUT2D eigenvalue weighted by atomic mass is 10.0. The lowest BCUT2D eigenvalue weighted by Crippen LogP contribution is -2.24. The van der Waals surface area contributed by atoms with Crippen LogP contribution in [0.3, 0.4) is 0 Å².